The van der Waals surface area contributed by atoms with Gasteiger partial charge >= 0.3 is 0 Å². The summed E-state index contributed by atoms with van der Waals surface area (Å²) < 4.78 is 23.0. The van der Waals surface area contributed by atoms with Crippen molar-refractivity contribution in [1.82, 2.24) is 25.1 Å². The zero-order valence-corrected chi connectivity index (χ0v) is 15.0. The Morgan fingerprint density at radius 2 is 2.04 bits per heavy atom. The van der Waals surface area contributed by atoms with E-state index >= 15 is 0 Å². The largest absolute Gasteiger partial charge is 0.345 e. The monoisotopic (exact) mass is 381 g/mol. The fourth-order valence-electron chi connectivity index (χ4n) is 2.72. The van der Waals surface area contributed by atoms with E-state index in [9.17, 15) is 8.42 Å². The minimum Gasteiger partial charge on any atom is -0.345 e. The molecule has 1 aromatic carbocycles. The van der Waals surface area contributed by atoms with Gasteiger partial charge in [-0.05, 0) is 36.8 Å². The number of fused-ring (bicyclic) bond motifs is 1. The maximum absolute atomic E-state index is 11.5. The molecule has 4 rings (SSSR count). The first-order valence-corrected chi connectivity index (χ1v) is 9.49. The van der Waals surface area contributed by atoms with Gasteiger partial charge in [0.15, 0.2) is 5.65 Å². The quantitative estimate of drug-likeness (QED) is 0.492. The molecule has 0 aliphatic rings. The number of aromatic nitrogens is 5. The molecule has 0 aliphatic heterocycles. The Hall–Kier alpha value is -3.37. The minimum absolute atomic E-state index is 0.00667. The number of primary sulfonamides is 1. The van der Waals surface area contributed by atoms with Crippen LogP contribution in [0.2, 0.25) is 0 Å². The third kappa shape index (κ3) is 3.35. The van der Waals surface area contributed by atoms with Gasteiger partial charge in [0, 0.05) is 29.0 Å². The Morgan fingerprint density at radius 1 is 1.19 bits per heavy atom. The first-order chi connectivity index (χ1) is 12.9. The van der Waals surface area contributed by atoms with Crippen LogP contribution in [0.15, 0.2) is 53.8 Å². The average Bonchev–Trinajstić information content (AvgIpc) is 3.12. The predicted octanol–water partition coefficient (Wildman–Crippen LogP) is 2.11. The number of nitrogens with one attached hydrogen (secondary N) is 2. The predicted molar refractivity (Wildman–Crippen MR) is 101 cm³/mol. The molecule has 0 saturated heterocycles. The Morgan fingerprint density at radius 3 is 2.85 bits per heavy atom. The molecule has 0 aliphatic carbocycles. The SMILES string of the molecule is Cc1cnc(Nc2cccc(S(N)(=O)=O)c2)nc1-c1cnnc2[nH]ccc12. The number of benzene rings is 1. The third-order valence-electron chi connectivity index (χ3n) is 4.01. The smallest absolute Gasteiger partial charge is 0.238 e. The fraction of sp³-hybridized carbons (Fsp3) is 0.0588. The lowest BCUT2D eigenvalue weighted by Gasteiger charge is -2.10. The molecule has 27 heavy (non-hydrogen) atoms. The fourth-order valence-corrected chi connectivity index (χ4v) is 3.28. The molecule has 0 radical (unpaired) electrons. The second-order valence-electron chi connectivity index (χ2n) is 5.92. The lowest BCUT2D eigenvalue weighted by atomic mass is 10.1. The van der Waals surface area contributed by atoms with E-state index in [0.717, 1.165) is 16.5 Å². The van der Waals surface area contributed by atoms with Crippen LogP contribution in [0, 0.1) is 6.92 Å². The van der Waals surface area contributed by atoms with E-state index in [1.807, 2.05) is 13.0 Å². The lowest BCUT2D eigenvalue weighted by Crippen LogP contribution is -2.12. The van der Waals surface area contributed by atoms with Crippen molar-refractivity contribution in [2.45, 2.75) is 11.8 Å². The van der Waals surface area contributed by atoms with Crippen LogP contribution >= 0.6 is 0 Å². The van der Waals surface area contributed by atoms with Crippen LogP contribution in [0.5, 0.6) is 0 Å². The molecule has 0 bridgehead atoms. The van der Waals surface area contributed by atoms with Gasteiger partial charge in [0.05, 0.1) is 16.8 Å². The van der Waals surface area contributed by atoms with Gasteiger partial charge in [0.25, 0.3) is 0 Å². The summed E-state index contributed by atoms with van der Waals surface area (Å²) in [6.45, 7) is 1.90. The van der Waals surface area contributed by atoms with Crippen molar-refractivity contribution in [1.29, 1.82) is 0 Å². The van der Waals surface area contributed by atoms with Crippen molar-refractivity contribution < 1.29 is 8.42 Å². The molecule has 4 aromatic rings. The summed E-state index contributed by atoms with van der Waals surface area (Å²) >= 11 is 0. The highest BCUT2D eigenvalue weighted by Crippen LogP contribution is 2.28. The van der Waals surface area contributed by atoms with Gasteiger partial charge in [0.2, 0.25) is 16.0 Å². The summed E-state index contributed by atoms with van der Waals surface area (Å²) in [5, 5.41) is 17.1. The van der Waals surface area contributed by atoms with Crippen LogP contribution in [0.1, 0.15) is 5.56 Å². The van der Waals surface area contributed by atoms with Crippen LogP contribution in [0.3, 0.4) is 0 Å². The molecule has 3 aromatic heterocycles. The van der Waals surface area contributed by atoms with E-state index < -0.39 is 10.0 Å². The zero-order chi connectivity index (χ0) is 19.0. The van der Waals surface area contributed by atoms with Crippen molar-refractivity contribution in [3.05, 3.63) is 54.5 Å². The second kappa shape index (κ2) is 6.41. The molecular formula is C17H15N7O2S. The number of nitrogens with zero attached hydrogens (tertiary/aromatic N) is 4. The van der Waals surface area contributed by atoms with Gasteiger partial charge in [-0.3, -0.25) is 0 Å². The van der Waals surface area contributed by atoms with E-state index in [2.05, 4.69) is 30.5 Å². The van der Waals surface area contributed by atoms with Crippen LogP contribution in [0.25, 0.3) is 22.3 Å². The lowest BCUT2D eigenvalue weighted by molar-refractivity contribution is 0.598. The summed E-state index contributed by atoms with van der Waals surface area (Å²) in [6.07, 6.45) is 5.13. The Kier molecular flexibility index (Phi) is 4.05. The van der Waals surface area contributed by atoms with Gasteiger partial charge in [-0.1, -0.05) is 6.07 Å². The minimum atomic E-state index is -3.79. The molecule has 3 heterocycles. The van der Waals surface area contributed by atoms with Gasteiger partial charge < -0.3 is 10.3 Å². The van der Waals surface area contributed by atoms with E-state index in [4.69, 9.17) is 5.14 Å². The molecule has 10 heteroatoms. The number of aromatic amines is 1. The highest BCUT2D eigenvalue weighted by molar-refractivity contribution is 7.89. The summed E-state index contributed by atoms with van der Waals surface area (Å²) in [7, 11) is -3.79. The van der Waals surface area contributed by atoms with Crippen molar-refractivity contribution in [3.8, 4) is 11.3 Å². The molecule has 4 N–H and O–H groups in total. The van der Waals surface area contributed by atoms with Crippen molar-refractivity contribution in [2.24, 2.45) is 5.14 Å². The Labute approximate surface area is 154 Å². The van der Waals surface area contributed by atoms with Crippen molar-refractivity contribution in [2.75, 3.05) is 5.32 Å². The maximum atomic E-state index is 11.5. The highest BCUT2D eigenvalue weighted by Gasteiger charge is 2.13. The topological polar surface area (TPSA) is 140 Å². The van der Waals surface area contributed by atoms with Crippen LogP contribution in [-0.4, -0.2) is 33.6 Å². The normalized spacial score (nSPS) is 11.6. The molecule has 9 nitrogen and oxygen atoms in total. The number of sulfonamides is 1. The van der Waals surface area contributed by atoms with E-state index in [-0.39, 0.29) is 4.90 Å². The number of nitrogens with two attached hydrogens (primary N) is 1. The average molecular weight is 381 g/mol. The van der Waals surface area contributed by atoms with Crippen molar-refractivity contribution in [3.63, 3.8) is 0 Å². The number of hydrogen-bond donors (Lipinski definition) is 3. The standard InChI is InChI=1S/C17H15N7O2S/c1-10-8-20-17(22-11-3-2-4-12(7-11)27(18,25)26)23-15(10)14-9-21-24-16-13(14)5-6-19-16/h2-9H,1H3,(H,19,24)(H2,18,25,26)(H,20,22,23). The number of aryl methyl sites for hydroxylation is 1. The molecule has 136 valence electrons. The van der Waals surface area contributed by atoms with Crippen LogP contribution < -0.4 is 10.5 Å². The molecular weight excluding hydrogens is 366 g/mol. The third-order valence-corrected chi connectivity index (χ3v) is 4.92. The van der Waals surface area contributed by atoms with Gasteiger partial charge in [0.1, 0.15) is 0 Å². The highest BCUT2D eigenvalue weighted by atomic mass is 32.2. The molecule has 0 saturated carbocycles. The number of H-pyrrole nitrogens is 1. The Bertz CT molecular complexity index is 1250. The van der Waals surface area contributed by atoms with Gasteiger partial charge in [-0.2, -0.15) is 5.10 Å². The number of rotatable bonds is 4. The van der Waals surface area contributed by atoms with E-state index in [1.54, 1.807) is 30.7 Å². The molecule has 0 spiro atoms. The van der Waals surface area contributed by atoms with Gasteiger partial charge in [-0.15, -0.1) is 5.10 Å². The van der Waals surface area contributed by atoms with E-state index in [0.29, 0.717) is 23.0 Å². The summed E-state index contributed by atoms with van der Waals surface area (Å²) in [5.74, 6) is 0.322. The molecule has 0 amide bonds. The second-order valence-corrected chi connectivity index (χ2v) is 7.48. The summed E-state index contributed by atoms with van der Waals surface area (Å²) in [5.41, 5.74) is 3.57. The van der Waals surface area contributed by atoms with Gasteiger partial charge in [-0.25, -0.2) is 23.5 Å². The Balaban J connectivity index is 1.75. The zero-order valence-electron chi connectivity index (χ0n) is 14.2. The maximum Gasteiger partial charge on any atom is 0.238 e. The van der Waals surface area contributed by atoms with Crippen molar-refractivity contribution >= 4 is 32.7 Å². The van der Waals surface area contributed by atoms with Crippen LogP contribution in [-0.2, 0) is 10.0 Å². The first-order valence-electron chi connectivity index (χ1n) is 7.94. The number of hydrogen-bond acceptors (Lipinski definition) is 7. The molecule has 0 atom stereocenters. The van der Waals surface area contributed by atoms with Crippen LogP contribution in [0.4, 0.5) is 11.6 Å². The summed E-state index contributed by atoms with van der Waals surface area (Å²) in [4.78, 5) is 11.9. The summed E-state index contributed by atoms with van der Waals surface area (Å²) in [6, 6.07) is 8.05. The molecule has 0 fully saturated rings. The number of anilines is 2. The molecule has 0 unspecified atom stereocenters. The first kappa shape index (κ1) is 17.1. The van der Waals surface area contributed by atoms with E-state index in [1.165, 1.54) is 12.1 Å².